The molecule has 0 bridgehead atoms. The van der Waals surface area contributed by atoms with Crippen LogP contribution in [-0.4, -0.2) is 73.9 Å². The van der Waals surface area contributed by atoms with Gasteiger partial charge in [-0.25, -0.2) is 0 Å². The van der Waals surface area contributed by atoms with Gasteiger partial charge in [0.2, 0.25) is 0 Å². The number of hydrogen-bond acceptors (Lipinski definition) is 7. The Kier molecular flexibility index (Phi) is 13.0. The van der Waals surface area contributed by atoms with Crippen molar-refractivity contribution in [2.24, 2.45) is 17.8 Å². The van der Waals surface area contributed by atoms with Crippen LogP contribution in [0, 0.1) is 17.8 Å². The Labute approximate surface area is 395 Å². The summed E-state index contributed by atoms with van der Waals surface area (Å²) in [6, 6.07) is 23.8. The molecule has 10 rings (SSSR count). The fraction of sp³-hybridized carbons (Fsp3) is 0.566. The maximum atomic E-state index is 6.15. The maximum absolute atomic E-state index is 6.15. The van der Waals surface area contributed by atoms with E-state index in [1.165, 1.54) is 34.6 Å². The topological polar surface area (TPSA) is 83.1 Å². The van der Waals surface area contributed by atoms with Crippen molar-refractivity contribution >= 4 is 70.5 Å². The second-order valence-corrected chi connectivity index (χ2v) is 23.2. The predicted molar refractivity (Wildman–Crippen MR) is 273 cm³/mol. The van der Waals surface area contributed by atoms with E-state index in [1.807, 2.05) is 6.20 Å². The molecule has 4 fully saturated rings. The lowest BCUT2D eigenvalue weighted by molar-refractivity contribution is 0.00578. The fourth-order valence-corrected chi connectivity index (χ4v) is 8.70. The van der Waals surface area contributed by atoms with Gasteiger partial charge < -0.3 is 37.1 Å². The van der Waals surface area contributed by atoms with Crippen LogP contribution in [0.1, 0.15) is 124 Å². The third-order valence-electron chi connectivity index (χ3n) is 15.1. The third kappa shape index (κ3) is 9.86. The molecule has 1 aliphatic carbocycles. The lowest BCUT2D eigenvalue weighted by Gasteiger charge is -2.32. The molecule has 3 aromatic carbocycles. The van der Waals surface area contributed by atoms with E-state index < -0.39 is 0 Å². The molecule has 6 heterocycles. The van der Waals surface area contributed by atoms with E-state index >= 15 is 0 Å². The number of nitrogens with zero attached hydrogens (tertiary/aromatic N) is 4. The standard InChI is InChI=1S/C18H24BNO2.C18H26BNO2.C17H25BN2O2/c1-17(2)18(3,4)22-19(21-17)15-7-8-16-14(11-15)9-10-20(16)12-13-5-6-13;1-13(2)12-20-10-9-14-11-15(7-8-16(14)20)19-21-17(3,4)18(5,6)22-19;1-12(2)11-20-15-8-7-14(9-13(15)10-19-20)18-21-16(3,4)17(5,6)22-18/h7-11,13H,5-6,12H2,1-4H3;7-11,13H,12H2,1-6H3;7-10,12H,11H2,1-6H3. The molecule has 13 heteroatoms. The Bertz CT molecular complexity index is 2350. The normalized spacial score (nSPS) is 21.3. The van der Waals surface area contributed by atoms with Crippen molar-refractivity contribution in [3.8, 4) is 0 Å². The van der Waals surface area contributed by atoms with Crippen LogP contribution in [0.2, 0.25) is 0 Å². The minimum absolute atomic E-state index is 0.277. The summed E-state index contributed by atoms with van der Waals surface area (Å²) < 4.78 is 43.6. The number of hydrogen-bond donors (Lipinski definition) is 0. The van der Waals surface area contributed by atoms with Crippen molar-refractivity contribution in [3.63, 3.8) is 0 Å². The molecule has 3 aliphatic heterocycles. The van der Waals surface area contributed by atoms with Gasteiger partial charge in [0.15, 0.2) is 0 Å². The van der Waals surface area contributed by atoms with E-state index in [9.17, 15) is 0 Å². The van der Waals surface area contributed by atoms with Crippen LogP contribution < -0.4 is 16.4 Å². The first-order valence-corrected chi connectivity index (χ1v) is 24.4. The summed E-state index contributed by atoms with van der Waals surface area (Å²) in [6.45, 7) is 37.0. The van der Waals surface area contributed by atoms with Gasteiger partial charge in [-0.2, -0.15) is 5.10 Å². The first-order chi connectivity index (χ1) is 30.7. The largest absolute Gasteiger partial charge is 0.494 e. The Morgan fingerprint density at radius 3 is 1.24 bits per heavy atom. The lowest BCUT2D eigenvalue weighted by atomic mass is 9.78. The zero-order chi connectivity index (χ0) is 47.8. The fourth-order valence-electron chi connectivity index (χ4n) is 8.70. The van der Waals surface area contributed by atoms with E-state index in [1.54, 1.807) is 0 Å². The molecule has 0 spiro atoms. The van der Waals surface area contributed by atoms with E-state index in [2.05, 4.69) is 209 Å². The molecule has 0 amide bonds. The molecule has 1 saturated carbocycles. The van der Waals surface area contributed by atoms with E-state index in [-0.39, 0.29) is 55.0 Å². The maximum Gasteiger partial charge on any atom is 0.494 e. The number of rotatable bonds is 9. The third-order valence-corrected chi connectivity index (χ3v) is 15.1. The van der Waals surface area contributed by atoms with Gasteiger partial charge >= 0.3 is 21.4 Å². The average Bonchev–Trinajstić information content (AvgIpc) is 3.43. The smallest absolute Gasteiger partial charge is 0.399 e. The molecule has 3 aromatic heterocycles. The summed E-state index contributed by atoms with van der Waals surface area (Å²) >= 11 is 0. The molecular formula is C53H75B3N4O6. The van der Waals surface area contributed by atoms with Crippen LogP contribution in [0.15, 0.2) is 85.3 Å². The van der Waals surface area contributed by atoms with E-state index in [0.29, 0.717) is 11.8 Å². The van der Waals surface area contributed by atoms with Crippen LogP contribution in [0.4, 0.5) is 0 Å². The summed E-state index contributed by atoms with van der Waals surface area (Å²) in [4.78, 5) is 0. The molecule has 66 heavy (non-hydrogen) atoms. The second kappa shape index (κ2) is 17.6. The quantitative estimate of drug-likeness (QED) is 0.134. The molecule has 6 aromatic rings. The van der Waals surface area contributed by atoms with Gasteiger partial charge in [0.1, 0.15) is 0 Å². The number of benzene rings is 3. The zero-order valence-electron chi connectivity index (χ0n) is 42.8. The van der Waals surface area contributed by atoms with Crippen molar-refractivity contribution in [2.45, 2.75) is 177 Å². The first kappa shape index (κ1) is 48.6. The molecular weight excluding hydrogens is 821 g/mol. The van der Waals surface area contributed by atoms with Gasteiger partial charge in [0, 0.05) is 48.4 Å². The molecule has 0 radical (unpaired) electrons. The Hall–Kier alpha value is -3.84. The Morgan fingerprint density at radius 1 is 0.485 bits per heavy atom. The average molecular weight is 897 g/mol. The molecule has 0 atom stereocenters. The van der Waals surface area contributed by atoms with Crippen LogP contribution >= 0.6 is 0 Å². The van der Waals surface area contributed by atoms with Gasteiger partial charge in [-0.1, -0.05) is 64.1 Å². The van der Waals surface area contributed by atoms with Gasteiger partial charge in [-0.05, 0) is 171 Å². The molecule has 4 aliphatic rings. The molecule has 10 nitrogen and oxygen atoms in total. The molecule has 352 valence electrons. The summed E-state index contributed by atoms with van der Waals surface area (Å²) in [5.41, 5.74) is 5.21. The van der Waals surface area contributed by atoms with Gasteiger partial charge in [-0.3, -0.25) is 4.68 Å². The first-order valence-electron chi connectivity index (χ1n) is 24.4. The van der Waals surface area contributed by atoms with Crippen molar-refractivity contribution in [3.05, 3.63) is 85.3 Å². The lowest BCUT2D eigenvalue weighted by Crippen LogP contribution is -2.41. The highest BCUT2D eigenvalue weighted by atomic mass is 16.7. The molecule has 0 unspecified atom stereocenters. The van der Waals surface area contributed by atoms with Crippen LogP contribution in [0.25, 0.3) is 32.7 Å². The van der Waals surface area contributed by atoms with Crippen molar-refractivity contribution < 1.29 is 27.9 Å². The summed E-state index contributed by atoms with van der Waals surface area (Å²) in [5, 5.41) is 8.14. The Balaban J connectivity index is 0.000000135. The van der Waals surface area contributed by atoms with Crippen LogP contribution in [0.5, 0.6) is 0 Å². The van der Waals surface area contributed by atoms with Crippen molar-refractivity contribution in [1.29, 1.82) is 0 Å². The minimum atomic E-state index is -0.317. The highest BCUT2D eigenvalue weighted by Crippen LogP contribution is 2.39. The van der Waals surface area contributed by atoms with Gasteiger partial charge in [0.05, 0.1) is 45.3 Å². The van der Waals surface area contributed by atoms with E-state index in [0.717, 1.165) is 52.8 Å². The summed E-state index contributed by atoms with van der Waals surface area (Å²) in [7, 11) is -0.883. The monoisotopic (exact) mass is 897 g/mol. The van der Waals surface area contributed by atoms with Crippen molar-refractivity contribution in [2.75, 3.05) is 0 Å². The number of fused-ring (bicyclic) bond motifs is 3. The second-order valence-electron chi connectivity index (χ2n) is 23.2. The van der Waals surface area contributed by atoms with Gasteiger partial charge in [0.25, 0.3) is 0 Å². The SMILES string of the molecule is CC(C)Cn1ccc2cc(B3OC(C)(C)C(C)(C)O3)ccc21.CC(C)Cn1ncc2cc(B3OC(C)(C)C(C)(C)O3)ccc21.CC1(C)OB(c2ccc3c(ccn3CC3CC3)c2)OC1(C)C. The molecule has 0 N–H and O–H groups in total. The molecule has 3 saturated heterocycles. The highest BCUT2D eigenvalue weighted by Gasteiger charge is 2.54. The summed E-state index contributed by atoms with van der Waals surface area (Å²) in [6.07, 6.45) is 9.06. The minimum Gasteiger partial charge on any atom is -0.399 e. The van der Waals surface area contributed by atoms with Gasteiger partial charge in [-0.15, -0.1) is 0 Å². The highest BCUT2D eigenvalue weighted by molar-refractivity contribution is 6.63. The number of aromatic nitrogens is 4. The van der Waals surface area contributed by atoms with Crippen LogP contribution in [0.3, 0.4) is 0 Å². The van der Waals surface area contributed by atoms with E-state index in [4.69, 9.17) is 27.9 Å². The Morgan fingerprint density at radius 2 is 0.848 bits per heavy atom. The predicted octanol–water partition coefficient (Wildman–Crippen LogP) is 9.94. The van der Waals surface area contributed by atoms with Crippen LogP contribution in [-0.2, 0) is 47.6 Å². The summed E-state index contributed by atoms with van der Waals surface area (Å²) in [5.74, 6) is 2.10. The zero-order valence-corrected chi connectivity index (χ0v) is 42.8. The van der Waals surface area contributed by atoms with Crippen molar-refractivity contribution in [1.82, 2.24) is 18.9 Å².